The topological polar surface area (TPSA) is 45.5 Å². The van der Waals surface area contributed by atoms with E-state index in [1.807, 2.05) is 12.1 Å². The Hall–Kier alpha value is -1.53. The average molecular weight is 173 g/mol. The van der Waals surface area contributed by atoms with Crippen LogP contribution in [-0.4, -0.2) is 12.4 Å². The first-order valence-corrected chi connectivity index (χ1v) is 4.22. The smallest absolute Gasteiger partial charge is 0.227 e. The van der Waals surface area contributed by atoms with E-state index < -0.39 is 0 Å². The van der Waals surface area contributed by atoms with E-state index in [2.05, 4.69) is 6.07 Å². The highest BCUT2D eigenvalue weighted by Crippen LogP contribution is 2.37. The third-order valence-corrected chi connectivity index (χ3v) is 2.39. The molecule has 2 heterocycles. The fraction of sp³-hybridized carbons (Fsp3) is 0.300. The highest BCUT2D eigenvalue weighted by Gasteiger charge is 2.45. The van der Waals surface area contributed by atoms with Gasteiger partial charge in [-0.1, -0.05) is 0 Å². The van der Waals surface area contributed by atoms with E-state index in [1.165, 1.54) is 0 Å². The van der Waals surface area contributed by atoms with Crippen LogP contribution < -0.4 is 4.74 Å². The zero-order valence-corrected chi connectivity index (χ0v) is 6.86. The van der Waals surface area contributed by atoms with Gasteiger partial charge in [0.1, 0.15) is 11.9 Å². The predicted octanol–water partition coefficient (Wildman–Crippen LogP) is 1.22. The van der Waals surface area contributed by atoms with Crippen LogP contribution in [0.1, 0.15) is 11.1 Å². The van der Waals surface area contributed by atoms with Gasteiger partial charge in [0.2, 0.25) is 6.29 Å². The Morgan fingerprint density at radius 2 is 2.38 bits per heavy atom. The summed E-state index contributed by atoms with van der Waals surface area (Å²) in [5, 5.41) is 8.69. The third-order valence-electron chi connectivity index (χ3n) is 2.39. The SMILES string of the molecule is N#Cc1ccc2c(c1)CC1OC1O2. The van der Waals surface area contributed by atoms with Crippen molar-refractivity contribution in [3.8, 4) is 11.8 Å². The molecule has 1 aromatic rings. The van der Waals surface area contributed by atoms with Crippen molar-refractivity contribution in [3.63, 3.8) is 0 Å². The molecule has 1 saturated heterocycles. The normalized spacial score (nSPS) is 27.9. The fourth-order valence-corrected chi connectivity index (χ4v) is 1.64. The first-order chi connectivity index (χ1) is 6.36. The zero-order chi connectivity index (χ0) is 8.84. The van der Waals surface area contributed by atoms with Crippen molar-refractivity contribution in [2.75, 3.05) is 0 Å². The number of benzene rings is 1. The number of nitrogens with zero attached hydrogens (tertiary/aromatic N) is 1. The van der Waals surface area contributed by atoms with E-state index in [0.29, 0.717) is 5.56 Å². The van der Waals surface area contributed by atoms with Crippen LogP contribution in [0.15, 0.2) is 18.2 Å². The van der Waals surface area contributed by atoms with Gasteiger partial charge in [-0.2, -0.15) is 5.26 Å². The molecule has 3 rings (SSSR count). The summed E-state index contributed by atoms with van der Waals surface area (Å²) in [6.07, 6.45) is 1.07. The van der Waals surface area contributed by atoms with Gasteiger partial charge in [0.15, 0.2) is 0 Å². The van der Waals surface area contributed by atoms with Gasteiger partial charge in [0.25, 0.3) is 0 Å². The summed E-state index contributed by atoms with van der Waals surface area (Å²) in [6, 6.07) is 7.58. The van der Waals surface area contributed by atoms with Gasteiger partial charge in [-0.3, -0.25) is 0 Å². The summed E-state index contributed by atoms with van der Waals surface area (Å²) < 4.78 is 10.7. The molecule has 3 nitrogen and oxygen atoms in total. The molecular formula is C10H7NO2. The van der Waals surface area contributed by atoms with E-state index in [-0.39, 0.29) is 12.4 Å². The molecule has 2 unspecified atom stereocenters. The molecule has 1 fully saturated rings. The average Bonchev–Trinajstić information content (AvgIpc) is 2.91. The van der Waals surface area contributed by atoms with Crippen LogP contribution in [0.5, 0.6) is 5.75 Å². The summed E-state index contributed by atoms with van der Waals surface area (Å²) >= 11 is 0. The number of hydrogen-bond acceptors (Lipinski definition) is 3. The summed E-state index contributed by atoms with van der Waals surface area (Å²) in [5.74, 6) is 0.859. The van der Waals surface area contributed by atoms with E-state index in [0.717, 1.165) is 17.7 Å². The van der Waals surface area contributed by atoms with Gasteiger partial charge >= 0.3 is 0 Å². The van der Waals surface area contributed by atoms with E-state index in [1.54, 1.807) is 6.07 Å². The first-order valence-electron chi connectivity index (χ1n) is 4.22. The van der Waals surface area contributed by atoms with Crippen molar-refractivity contribution in [1.82, 2.24) is 0 Å². The maximum atomic E-state index is 8.69. The molecule has 0 spiro atoms. The molecule has 3 heteroatoms. The van der Waals surface area contributed by atoms with Crippen molar-refractivity contribution in [1.29, 1.82) is 5.26 Å². The van der Waals surface area contributed by atoms with Crippen LogP contribution in [0.3, 0.4) is 0 Å². The zero-order valence-electron chi connectivity index (χ0n) is 6.86. The maximum Gasteiger partial charge on any atom is 0.227 e. The summed E-state index contributed by atoms with van der Waals surface area (Å²) in [6.45, 7) is 0. The molecule has 0 bridgehead atoms. The minimum atomic E-state index is -0.0274. The molecule has 2 aliphatic rings. The Kier molecular flexibility index (Phi) is 1.19. The number of epoxide rings is 1. The Labute approximate surface area is 75.5 Å². The number of hydrogen-bond donors (Lipinski definition) is 0. The fourth-order valence-electron chi connectivity index (χ4n) is 1.64. The second kappa shape index (κ2) is 2.24. The van der Waals surface area contributed by atoms with Crippen LogP contribution in [0.25, 0.3) is 0 Å². The quantitative estimate of drug-likeness (QED) is 0.554. The number of ether oxygens (including phenoxy) is 2. The van der Waals surface area contributed by atoms with E-state index in [4.69, 9.17) is 14.7 Å². The van der Waals surface area contributed by atoms with Crippen LogP contribution in [0.4, 0.5) is 0 Å². The minimum absolute atomic E-state index is 0.0274. The van der Waals surface area contributed by atoms with Crippen molar-refractivity contribution >= 4 is 0 Å². The van der Waals surface area contributed by atoms with Gasteiger partial charge < -0.3 is 9.47 Å². The van der Waals surface area contributed by atoms with Gasteiger partial charge in [-0.25, -0.2) is 0 Å². The molecule has 0 amide bonds. The van der Waals surface area contributed by atoms with Crippen LogP contribution in [-0.2, 0) is 11.2 Å². The van der Waals surface area contributed by atoms with Crippen molar-refractivity contribution in [2.24, 2.45) is 0 Å². The maximum absolute atomic E-state index is 8.69. The summed E-state index contributed by atoms with van der Waals surface area (Å²) in [5.41, 5.74) is 1.76. The van der Waals surface area contributed by atoms with Crippen molar-refractivity contribution in [3.05, 3.63) is 29.3 Å². The molecule has 0 radical (unpaired) electrons. The Morgan fingerprint density at radius 3 is 3.23 bits per heavy atom. The monoisotopic (exact) mass is 173 g/mol. The molecule has 1 aromatic carbocycles. The number of rotatable bonds is 0. The third kappa shape index (κ3) is 0.995. The van der Waals surface area contributed by atoms with Crippen LogP contribution in [0.2, 0.25) is 0 Å². The molecule has 13 heavy (non-hydrogen) atoms. The van der Waals surface area contributed by atoms with E-state index in [9.17, 15) is 0 Å². The highest BCUT2D eigenvalue weighted by molar-refractivity contribution is 5.44. The lowest BCUT2D eigenvalue weighted by atomic mass is 10.0. The summed E-state index contributed by atoms with van der Waals surface area (Å²) in [7, 11) is 0. The first kappa shape index (κ1) is 6.93. The largest absolute Gasteiger partial charge is 0.462 e. The van der Waals surface area contributed by atoms with Crippen LogP contribution >= 0.6 is 0 Å². The molecule has 2 atom stereocenters. The highest BCUT2D eigenvalue weighted by atomic mass is 16.8. The molecular weight excluding hydrogens is 166 g/mol. The second-order valence-electron chi connectivity index (χ2n) is 3.30. The lowest BCUT2D eigenvalue weighted by Crippen LogP contribution is -2.13. The van der Waals surface area contributed by atoms with Gasteiger partial charge in [-0.05, 0) is 23.8 Å². The number of nitriles is 1. The molecule has 0 aliphatic carbocycles. The van der Waals surface area contributed by atoms with Crippen molar-refractivity contribution in [2.45, 2.75) is 18.8 Å². The standard InChI is InChI=1S/C10H7NO2/c11-5-6-1-2-8-7(3-6)4-9-10(12-8)13-9/h1-3,9-10H,4H2. The Bertz CT molecular complexity index is 408. The molecule has 0 N–H and O–H groups in total. The lowest BCUT2D eigenvalue weighted by molar-refractivity contribution is 0.179. The van der Waals surface area contributed by atoms with Gasteiger partial charge in [-0.15, -0.1) is 0 Å². The van der Waals surface area contributed by atoms with Gasteiger partial charge in [0.05, 0.1) is 11.6 Å². The lowest BCUT2D eigenvalue weighted by Gasteiger charge is -2.12. The van der Waals surface area contributed by atoms with E-state index >= 15 is 0 Å². The molecule has 64 valence electrons. The molecule has 2 aliphatic heterocycles. The minimum Gasteiger partial charge on any atom is -0.462 e. The Morgan fingerprint density at radius 1 is 1.46 bits per heavy atom. The number of fused-ring (bicyclic) bond motifs is 2. The molecule has 0 aromatic heterocycles. The Balaban J connectivity index is 2.06. The second-order valence-corrected chi connectivity index (χ2v) is 3.30. The summed E-state index contributed by atoms with van der Waals surface area (Å²) in [4.78, 5) is 0. The predicted molar refractivity (Wildman–Crippen MR) is 44.2 cm³/mol. The van der Waals surface area contributed by atoms with Crippen molar-refractivity contribution < 1.29 is 9.47 Å². The molecule has 0 saturated carbocycles. The van der Waals surface area contributed by atoms with Gasteiger partial charge in [0, 0.05) is 6.42 Å². The van der Waals surface area contributed by atoms with Crippen LogP contribution in [0, 0.1) is 11.3 Å².